The Morgan fingerprint density at radius 3 is 2.07 bits per heavy atom. The van der Waals surface area contributed by atoms with Gasteiger partial charge in [-0.3, -0.25) is 4.79 Å². The van der Waals surface area contributed by atoms with Gasteiger partial charge >= 0.3 is 0 Å². The normalized spacial score (nSPS) is 28.9. The molecule has 0 radical (unpaired) electrons. The van der Waals surface area contributed by atoms with Crippen molar-refractivity contribution < 1.29 is 9.22 Å². The third-order valence-electron chi connectivity index (χ3n) is 7.39. The minimum absolute atomic E-state index is 0.192. The molecule has 0 spiro atoms. The quantitative estimate of drug-likeness (QED) is 0.449. The molecule has 27 heavy (non-hydrogen) atoms. The predicted molar refractivity (Wildman–Crippen MR) is 122 cm³/mol. The van der Waals surface area contributed by atoms with Gasteiger partial charge in [-0.25, -0.2) is 0 Å². The van der Waals surface area contributed by atoms with Gasteiger partial charge in [0.05, 0.1) is 13.8 Å². The lowest BCUT2D eigenvalue weighted by atomic mass is 9.75. The molecule has 2 aliphatic rings. The van der Waals surface area contributed by atoms with Crippen LogP contribution in [0.4, 0.5) is 0 Å². The first kappa shape index (κ1) is 22.9. The molecule has 1 fully saturated rings. The molecule has 0 aromatic carbocycles. The van der Waals surface area contributed by atoms with Crippen LogP contribution in [0.1, 0.15) is 72.1 Å². The number of allylic oxidation sites excluding steroid dienone is 2. The first-order valence-corrected chi connectivity index (χ1v) is 17.7. The summed E-state index contributed by atoms with van der Waals surface area (Å²) in [6.45, 7) is 19.0. The van der Waals surface area contributed by atoms with Crippen molar-refractivity contribution in [3.05, 3.63) is 11.8 Å². The van der Waals surface area contributed by atoms with Crippen molar-refractivity contribution in [1.29, 1.82) is 0 Å². The van der Waals surface area contributed by atoms with E-state index in [0.717, 1.165) is 24.5 Å². The molecule has 0 saturated heterocycles. The summed E-state index contributed by atoms with van der Waals surface area (Å²) in [5.74, 6) is 2.90. The van der Waals surface area contributed by atoms with E-state index in [1.165, 1.54) is 32.1 Å². The first-order valence-electron chi connectivity index (χ1n) is 11.2. The Kier molecular flexibility index (Phi) is 7.27. The van der Waals surface area contributed by atoms with Gasteiger partial charge in [-0.1, -0.05) is 72.5 Å². The number of ketones is 1. The summed E-state index contributed by atoms with van der Waals surface area (Å²) < 4.78 is 6.76. The SMILES string of the molecule is CC(C)(C)[Si](C)(C)O/C1=C/[C@H]([Si](C)(C)C)[C@H](C2CCCCC2)CC(=O)CC1. The molecule has 0 amide bonds. The van der Waals surface area contributed by atoms with Crippen molar-refractivity contribution in [2.75, 3.05) is 0 Å². The predicted octanol–water partition coefficient (Wildman–Crippen LogP) is 7.55. The van der Waals surface area contributed by atoms with Crippen molar-refractivity contribution in [2.24, 2.45) is 11.8 Å². The summed E-state index contributed by atoms with van der Waals surface area (Å²) >= 11 is 0. The molecule has 0 aliphatic heterocycles. The van der Waals surface area contributed by atoms with Gasteiger partial charge in [-0.05, 0) is 41.6 Å². The van der Waals surface area contributed by atoms with Crippen LogP contribution in [-0.4, -0.2) is 22.2 Å². The molecule has 0 aromatic heterocycles. The lowest BCUT2D eigenvalue weighted by Gasteiger charge is -2.43. The third kappa shape index (κ3) is 6.06. The molecule has 0 unspecified atom stereocenters. The van der Waals surface area contributed by atoms with Gasteiger partial charge in [0, 0.05) is 19.3 Å². The fourth-order valence-corrected chi connectivity index (χ4v) is 8.13. The van der Waals surface area contributed by atoms with Crippen LogP contribution in [0.3, 0.4) is 0 Å². The van der Waals surface area contributed by atoms with E-state index >= 15 is 0 Å². The van der Waals surface area contributed by atoms with E-state index in [-0.39, 0.29) is 5.04 Å². The van der Waals surface area contributed by atoms with Gasteiger partial charge in [0.15, 0.2) is 0 Å². The Bertz CT molecular complexity index is 546. The van der Waals surface area contributed by atoms with Gasteiger partial charge in [0.2, 0.25) is 8.32 Å². The third-order valence-corrected chi connectivity index (χ3v) is 14.4. The van der Waals surface area contributed by atoms with Crippen LogP contribution in [0.15, 0.2) is 11.8 Å². The monoisotopic (exact) mass is 408 g/mol. The van der Waals surface area contributed by atoms with Crippen LogP contribution in [0.2, 0.25) is 43.3 Å². The number of Topliss-reactive ketones (excluding diaryl/α,β-unsaturated/α-hetero) is 1. The summed E-state index contributed by atoms with van der Waals surface area (Å²) in [5, 5.41) is 0.192. The Labute approximate surface area is 170 Å². The highest BCUT2D eigenvalue weighted by molar-refractivity contribution is 6.78. The van der Waals surface area contributed by atoms with Crippen LogP contribution in [0, 0.1) is 11.8 Å². The second-order valence-electron chi connectivity index (χ2n) is 11.7. The minimum atomic E-state index is -1.87. The lowest BCUT2D eigenvalue weighted by Crippen LogP contribution is -2.42. The molecular weight excluding hydrogens is 364 g/mol. The Hall–Kier alpha value is -0.356. The maximum Gasteiger partial charge on any atom is 0.250 e. The van der Waals surface area contributed by atoms with Crippen LogP contribution < -0.4 is 0 Å². The Morgan fingerprint density at radius 1 is 0.963 bits per heavy atom. The molecule has 2 atom stereocenters. The van der Waals surface area contributed by atoms with Gasteiger partial charge < -0.3 is 4.43 Å². The van der Waals surface area contributed by atoms with Crippen LogP contribution in [0.5, 0.6) is 0 Å². The highest BCUT2D eigenvalue weighted by Crippen LogP contribution is 2.47. The van der Waals surface area contributed by atoms with Crippen LogP contribution in [-0.2, 0) is 9.22 Å². The van der Waals surface area contributed by atoms with Gasteiger partial charge in [-0.2, -0.15) is 0 Å². The molecule has 0 heterocycles. The Morgan fingerprint density at radius 2 is 1.56 bits per heavy atom. The summed E-state index contributed by atoms with van der Waals surface area (Å²) in [6, 6.07) is 0. The molecule has 1 saturated carbocycles. The van der Waals surface area contributed by atoms with Crippen molar-refractivity contribution >= 4 is 22.2 Å². The second-order valence-corrected chi connectivity index (χ2v) is 21.8. The zero-order valence-electron chi connectivity index (χ0n) is 19.3. The highest BCUT2D eigenvalue weighted by Gasteiger charge is 2.42. The van der Waals surface area contributed by atoms with Crippen LogP contribution in [0.25, 0.3) is 0 Å². The van der Waals surface area contributed by atoms with Crippen molar-refractivity contribution in [3.8, 4) is 0 Å². The van der Waals surface area contributed by atoms with E-state index in [0.29, 0.717) is 23.7 Å². The van der Waals surface area contributed by atoms with E-state index in [1.807, 2.05) is 0 Å². The standard InChI is InChI=1S/C23H44O2Si2/c1-23(2,3)27(7,8)25-20-15-14-19(24)16-21(18-12-10-9-11-13-18)22(17-20)26(4,5)6/h17-18,21-22H,9-16H2,1-8H3/b20-17+/t21-,22-/m0/s1. The van der Waals surface area contributed by atoms with E-state index in [1.54, 1.807) is 0 Å². The van der Waals surface area contributed by atoms with E-state index in [4.69, 9.17) is 4.43 Å². The maximum atomic E-state index is 12.8. The molecule has 0 aromatic rings. The topological polar surface area (TPSA) is 26.3 Å². The molecule has 2 rings (SSSR count). The fraction of sp³-hybridized carbons (Fsp3) is 0.870. The zero-order chi connectivity index (χ0) is 20.5. The molecule has 2 aliphatic carbocycles. The summed E-state index contributed by atoms with van der Waals surface area (Å²) in [4.78, 5) is 12.8. The number of rotatable bonds is 4. The average molecular weight is 409 g/mol. The first-order chi connectivity index (χ1) is 12.3. The summed E-state index contributed by atoms with van der Waals surface area (Å²) in [6.07, 6.45) is 11.5. The van der Waals surface area contributed by atoms with Gasteiger partial charge in [-0.15, -0.1) is 0 Å². The van der Waals surface area contributed by atoms with E-state index < -0.39 is 16.4 Å². The van der Waals surface area contributed by atoms with Crippen LogP contribution >= 0.6 is 0 Å². The molecule has 4 heteroatoms. The maximum absolute atomic E-state index is 12.8. The molecule has 0 N–H and O–H groups in total. The number of hydrogen-bond acceptors (Lipinski definition) is 2. The molecule has 0 bridgehead atoms. The number of carbonyl (C=O) groups excluding carboxylic acids is 1. The van der Waals surface area contributed by atoms with Gasteiger partial charge in [0.1, 0.15) is 5.78 Å². The minimum Gasteiger partial charge on any atom is -0.547 e. The van der Waals surface area contributed by atoms with Gasteiger partial charge in [0.25, 0.3) is 0 Å². The lowest BCUT2D eigenvalue weighted by molar-refractivity contribution is -0.120. The number of carbonyl (C=O) groups is 1. The molecule has 2 nitrogen and oxygen atoms in total. The number of hydrogen-bond donors (Lipinski definition) is 0. The molecular formula is C23H44O2Si2. The van der Waals surface area contributed by atoms with Crippen molar-refractivity contribution in [2.45, 2.75) is 115 Å². The smallest absolute Gasteiger partial charge is 0.250 e. The Balaban J connectivity index is 2.38. The van der Waals surface area contributed by atoms with E-state index in [2.05, 4.69) is 59.6 Å². The average Bonchev–Trinajstić information content (AvgIpc) is 2.52. The second kappa shape index (κ2) is 8.56. The van der Waals surface area contributed by atoms with Crippen molar-refractivity contribution in [1.82, 2.24) is 0 Å². The fourth-order valence-electron chi connectivity index (χ4n) is 4.64. The van der Waals surface area contributed by atoms with Crippen molar-refractivity contribution in [3.63, 3.8) is 0 Å². The largest absolute Gasteiger partial charge is 0.547 e. The summed E-state index contributed by atoms with van der Waals surface area (Å²) in [5.41, 5.74) is 0.560. The molecule has 156 valence electrons. The highest BCUT2D eigenvalue weighted by atomic mass is 28.4. The van der Waals surface area contributed by atoms with E-state index in [9.17, 15) is 4.79 Å². The zero-order valence-corrected chi connectivity index (χ0v) is 21.3. The summed E-state index contributed by atoms with van der Waals surface area (Å²) in [7, 11) is -3.31.